The van der Waals surface area contributed by atoms with E-state index in [0.29, 0.717) is 12.5 Å². The number of likely N-dealkylation sites (N-methyl/N-ethyl adjacent to an activating group) is 1. The average molecular weight is 309 g/mol. The van der Waals surface area contributed by atoms with Gasteiger partial charge in [0.1, 0.15) is 0 Å². The van der Waals surface area contributed by atoms with Crippen molar-refractivity contribution in [3.8, 4) is 0 Å². The summed E-state index contributed by atoms with van der Waals surface area (Å²) in [6.07, 6.45) is 0. The summed E-state index contributed by atoms with van der Waals surface area (Å²) in [7, 11) is 1.82. The Labute approximate surface area is 137 Å². The second-order valence-corrected chi connectivity index (χ2v) is 6.16. The highest BCUT2D eigenvalue weighted by atomic mass is 16.2. The van der Waals surface area contributed by atoms with Crippen molar-refractivity contribution >= 4 is 11.6 Å². The molecule has 1 fully saturated rings. The van der Waals surface area contributed by atoms with Crippen LogP contribution in [0.5, 0.6) is 0 Å². The van der Waals surface area contributed by atoms with Crippen molar-refractivity contribution in [2.75, 3.05) is 31.6 Å². The van der Waals surface area contributed by atoms with Crippen molar-refractivity contribution in [1.29, 1.82) is 0 Å². The number of amides is 1. The minimum Gasteiger partial charge on any atom is -0.326 e. The maximum atomic E-state index is 12.5. The van der Waals surface area contributed by atoms with Gasteiger partial charge < -0.3 is 10.6 Å². The molecule has 1 heterocycles. The largest absolute Gasteiger partial charge is 0.326 e. The molecule has 1 aliphatic heterocycles. The minimum absolute atomic E-state index is 0.0761. The summed E-state index contributed by atoms with van der Waals surface area (Å²) >= 11 is 0. The van der Waals surface area contributed by atoms with Crippen molar-refractivity contribution in [2.24, 2.45) is 5.73 Å². The third-order valence-electron chi connectivity index (χ3n) is 4.54. The molecule has 0 unspecified atom stereocenters. The van der Waals surface area contributed by atoms with Crippen molar-refractivity contribution in [1.82, 2.24) is 4.90 Å². The smallest absolute Gasteiger partial charge is 0.240 e. The fraction of sp³-hybridized carbons (Fsp3) is 0.316. The Hall–Kier alpha value is -2.17. The number of hydrogen-bond acceptors (Lipinski definition) is 3. The number of benzene rings is 2. The van der Waals surface area contributed by atoms with Crippen LogP contribution in [-0.4, -0.2) is 43.5 Å². The Morgan fingerprint density at radius 3 is 2.35 bits per heavy atom. The van der Waals surface area contributed by atoms with Crippen LogP contribution in [-0.2, 0) is 4.79 Å². The fourth-order valence-electron chi connectivity index (χ4n) is 3.19. The van der Waals surface area contributed by atoms with E-state index in [0.717, 1.165) is 18.8 Å². The number of hydrogen-bond donors (Lipinski definition) is 1. The van der Waals surface area contributed by atoms with Crippen LogP contribution < -0.4 is 10.6 Å². The normalized spacial score (nSPS) is 21.3. The van der Waals surface area contributed by atoms with Crippen LogP contribution >= 0.6 is 0 Å². The van der Waals surface area contributed by atoms with Crippen molar-refractivity contribution in [3.05, 3.63) is 66.2 Å². The quantitative estimate of drug-likeness (QED) is 0.941. The number of carbonyl (C=O) groups excluding carboxylic acids is 1. The van der Waals surface area contributed by atoms with Crippen molar-refractivity contribution in [3.63, 3.8) is 0 Å². The van der Waals surface area contributed by atoms with E-state index in [1.54, 1.807) is 4.90 Å². The van der Waals surface area contributed by atoms with Crippen molar-refractivity contribution < 1.29 is 4.79 Å². The number of rotatable bonds is 4. The molecule has 0 radical (unpaired) electrons. The maximum absolute atomic E-state index is 12.5. The molecule has 1 saturated heterocycles. The monoisotopic (exact) mass is 309 g/mol. The SMILES string of the molecule is CN(C(=O)CN1C[C@@H](N)[C@H](c2ccccc2)C1)c1ccccc1. The molecule has 120 valence electrons. The van der Waals surface area contributed by atoms with Gasteiger partial charge in [0.15, 0.2) is 0 Å². The Kier molecular flexibility index (Phi) is 4.74. The summed E-state index contributed by atoms with van der Waals surface area (Å²) in [4.78, 5) is 16.4. The zero-order valence-corrected chi connectivity index (χ0v) is 13.4. The van der Waals surface area contributed by atoms with Gasteiger partial charge in [0.25, 0.3) is 0 Å². The van der Waals surface area contributed by atoms with Crippen LogP contribution in [0.15, 0.2) is 60.7 Å². The molecule has 2 atom stereocenters. The zero-order chi connectivity index (χ0) is 16.2. The van der Waals surface area contributed by atoms with E-state index in [1.807, 2.05) is 55.6 Å². The van der Waals surface area contributed by atoms with Gasteiger partial charge >= 0.3 is 0 Å². The second-order valence-electron chi connectivity index (χ2n) is 6.16. The molecule has 2 aromatic rings. The summed E-state index contributed by atoms with van der Waals surface area (Å²) in [5.41, 5.74) is 8.47. The van der Waals surface area contributed by atoms with Crippen LogP contribution in [0.2, 0.25) is 0 Å². The fourth-order valence-corrected chi connectivity index (χ4v) is 3.19. The number of carbonyl (C=O) groups is 1. The maximum Gasteiger partial charge on any atom is 0.240 e. The van der Waals surface area contributed by atoms with Crippen molar-refractivity contribution in [2.45, 2.75) is 12.0 Å². The van der Waals surface area contributed by atoms with E-state index >= 15 is 0 Å². The van der Waals surface area contributed by atoms with Gasteiger partial charge in [0.05, 0.1) is 6.54 Å². The molecular formula is C19H23N3O. The molecule has 0 aromatic heterocycles. The van der Waals surface area contributed by atoms with Gasteiger partial charge in [-0.3, -0.25) is 9.69 Å². The second kappa shape index (κ2) is 6.94. The third-order valence-corrected chi connectivity index (χ3v) is 4.54. The average Bonchev–Trinajstić information content (AvgIpc) is 2.96. The predicted molar refractivity (Wildman–Crippen MR) is 93.5 cm³/mol. The lowest BCUT2D eigenvalue weighted by molar-refractivity contribution is -0.119. The van der Waals surface area contributed by atoms with E-state index in [1.165, 1.54) is 5.56 Å². The molecule has 1 aliphatic rings. The topological polar surface area (TPSA) is 49.6 Å². The summed E-state index contributed by atoms with van der Waals surface area (Å²) in [6.45, 7) is 2.00. The first-order valence-corrected chi connectivity index (χ1v) is 7.99. The van der Waals surface area contributed by atoms with Crippen LogP contribution in [0.25, 0.3) is 0 Å². The molecule has 1 amide bonds. The molecule has 0 spiro atoms. The number of likely N-dealkylation sites (tertiary alicyclic amines) is 1. The molecule has 0 bridgehead atoms. The first kappa shape index (κ1) is 15.7. The van der Waals surface area contributed by atoms with E-state index < -0.39 is 0 Å². The Morgan fingerprint density at radius 1 is 1.09 bits per heavy atom. The van der Waals surface area contributed by atoms with E-state index in [2.05, 4.69) is 17.0 Å². The predicted octanol–water partition coefficient (Wildman–Crippen LogP) is 2.08. The van der Waals surface area contributed by atoms with Gasteiger partial charge in [-0.1, -0.05) is 48.5 Å². The van der Waals surface area contributed by atoms with Crippen LogP contribution in [0.3, 0.4) is 0 Å². The first-order chi connectivity index (χ1) is 11.1. The lowest BCUT2D eigenvalue weighted by Crippen LogP contribution is -2.38. The highest BCUT2D eigenvalue weighted by molar-refractivity contribution is 5.94. The van der Waals surface area contributed by atoms with Crippen LogP contribution in [0.1, 0.15) is 11.5 Å². The summed E-state index contributed by atoms with van der Waals surface area (Å²) in [5.74, 6) is 0.392. The Bertz CT molecular complexity index is 644. The molecule has 3 rings (SSSR count). The first-order valence-electron chi connectivity index (χ1n) is 7.99. The lowest BCUT2D eigenvalue weighted by Gasteiger charge is -2.21. The Balaban J connectivity index is 1.62. The van der Waals surface area contributed by atoms with Gasteiger partial charge in [-0.2, -0.15) is 0 Å². The van der Waals surface area contributed by atoms with E-state index in [9.17, 15) is 4.79 Å². The van der Waals surface area contributed by atoms with E-state index in [4.69, 9.17) is 5.73 Å². The van der Waals surface area contributed by atoms with Gasteiger partial charge in [0, 0.05) is 37.8 Å². The number of anilines is 1. The molecule has 4 nitrogen and oxygen atoms in total. The lowest BCUT2D eigenvalue weighted by atomic mass is 9.95. The van der Waals surface area contributed by atoms with Gasteiger partial charge in [-0.25, -0.2) is 0 Å². The number of nitrogens with zero attached hydrogens (tertiary/aromatic N) is 2. The van der Waals surface area contributed by atoms with E-state index in [-0.39, 0.29) is 11.9 Å². The molecule has 23 heavy (non-hydrogen) atoms. The van der Waals surface area contributed by atoms with Gasteiger partial charge in [-0.05, 0) is 17.7 Å². The highest BCUT2D eigenvalue weighted by Gasteiger charge is 2.32. The summed E-state index contributed by atoms with van der Waals surface area (Å²) in [6, 6.07) is 20.1. The molecule has 4 heteroatoms. The summed E-state index contributed by atoms with van der Waals surface area (Å²) in [5, 5.41) is 0. The molecule has 2 aromatic carbocycles. The Morgan fingerprint density at radius 2 is 1.70 bits per heavy atom. The molecule has 2 N–H and O–H groups in total. The van der Waals surface area contributed by atoms with Gasteiger partial charge in [0.2, 0.25) is 5.91 Å². The third kappa shape index (κ3) is 3.60. The van der Waals surface area contributed by atoms with Gasteiger partial charge in [-0.15, -0.1) is 0 Å². The molecule has 0 aliphatic carbocycles. The minimum atomic E-state index is 0.0761. The summed E-state index contributed by atoms with van der Waals surface area (Å²) < 4.78 is 0. The molecule has 0 saturated carbocycles. The zero-order valence-electron chi connectivity index (χ0n) is 13.4. The number of nitrogens with two attached hydrogens (primary N) is 1. The molecular weight excluding hydrogens is 286 g/mol. The number of para-hydroxylation sites is 1. The highest BCUT2D eigenvalue weighted by Crippen LogP contribution is 2.26. The standard InChI is InChI=1S/C19H23N3O/c1-21(16-10-6-3-7-11-16)19(23)14-22-12-17(18(20)13-22)15-8-4-2-5-9-15/h2-11,17-18H,12-14,20H2,1H3/t17-,18+/m0/s1. The van der Waals surface area contributed by atoms with Crippen LogP contribution in [0.4, 0.5) is 5.69 Å². The van der Waals surface area contributed by atoms with Crippen LogP contribution in [0, 0.1) is 0 Å².